The van der Waals surface area contributed by atoms with Crippen LogP contribution in [0.3, 0.4) is 0 Å². The van der Waals surface area contributed by atoms with Gasteiger partial charge in [0.05, 0.1) is 23.4 Å². The lowest BCUT2D eigenvalue weighted by Crippen LogP contribution is -2.01. The minimum Gasteiger partial charge on any atom is -0.505 e. The van der Waals surface area contributed by atoms with Crippen molar-refractivity contribution in [1.82, 2.24) is 4.98 Å². The number of azo groups is 1. The maximum atomic E-state index is 11.3. The number of pyridine rings is 1. The maximum Gasteiger partial charge on any atom is 0.469 e. The fourth-order valence-electron chi connectivity index (χ4n) is 2.08. The number of carbonyl (C=O) groups excluding carboxylic acids is 1. The number of aromatic carboxylic acids is 1. The van der Waals surface area contributed by atoms with Gasteiger partial charge in [0.15, 0.2) is 12.1 Å². The normalized spacial score (nSPS) is 11.7. The zero-order valence-electron chi connectivity index (χ0n) is 13.8. The second-order valence-electron chi connectivity index (χ2n) is 5.17. The molecule has 0 amide bonds. The minimum absolute atomic E-state index is 0.00737. The van der Waals surface area contributed by atoms with E-state index in [9.17, 15) is 19.3 Å². The van der Waals surface area contributed by atoms with Crippen LogP contribution in [-0.4, -0.2) is 37.2 Å². The van der Waals surface area contributed by atoms with Crippen LogP contribution < -0.4 is 0 Å². The molecule has 2 rings (SSSR count). The summed E-state index contributed by atoms with van der Waals surface area (Å²) in [5.74, 6) is -2.00. The predicted octanol–water partition coefficient (Wildman–Crippen LogP) is 2.63. The number of carboxylic acid groups (broad SMARTS) is 1. The molecule has 0 fully saturated rings. The summed E-state index contributed by atoms with van der Waals surface area (Å²) in [6.45, 7) is 0.592. The summed E-state index contributed by atoms with van der Waals surface area (Å²) in [5.41, 5.74) is -0.672. The van der Waals surface area contributed by atoms with Crippen molar-refractivity contribution < 1.29 is 38.7 Å². The molecule has 0 saturated carbocycles. The summed E-state index contributed by atoms with van der Waals surface area (Å²) < 4.78 is 15.3. The quantitative estimate of drug-likeness (QED) is 0.311. The molecular weight excluding hydrogens is 381 g/mol. The highest BCUT2D eigenvalue weighted by Crippen LogP contribution is 2.40. The number of aromatic hydroxyl groups is 1. The first-order valence-corrected chi connectivity index (χ1v) is 8.79. The lowest BCUT2D eigenvalue weighted by Gasteiger charge is -2.12. The van der Waals surface area contributed by atoms with E-state index in [-0.39, 0.29) is 40.2 Å². The van der Waals surface area contributed by atoms with Crippen LogP contribution in [0, 0.1) is 6.92 Å². The largest absolute Gasteiger partial charge is 0.505 e. The molecule has 0 radical (unpaired) electrons. The van der Waals surface area contributed by atoms with E-state index in [0.717, 1.165) is 0 Å². The molecule has 0 aliphatic carbocycles. The monoisotopic (exact) mass is 395 g/mol. The number of aromatic nitrogens is 1. The lowest BCUT2D eigenvalue weighted by molar-refractivity contribution is 0.0697. The number of benzene rings is 1. The Morgan fingerprint density at radius 2 is 1.96 bits per heavy atom. The molecule has 4 N–H and O–H groups in total. The molecule has 1 aromatic carbocycles. The Hall–Kier alpha value is -2.98. The van der Waals surface area contributed by atoms with Crippen LogP contribution in [0.2, 0.25) is 0 Å². The number of nitrogens with zero attached hydrogens (tertiary/aromatic N) is 3. The standard InChI is InChI=1S/C15H14N3O8P/c1-8-13(20)10(6-19)11(7-26-27(23,24)25)14(16-8)18-17-12-5-3-2-4-9(12)15(21)22/h2-6,20H,7H2,1H3,(H,21,22)(H2,23,24,25). The highest BCUT2D eigenvalue weighted by atomic mass is 31.2. The minimum atomic E-state index is -4.88. The summed E-state index contributed by atoms with van der Waals surface area (Å²) in [6, 6.07) is 5.72. The Morgan fingerprint density at radius 1 is 1.30 bits per heavy atom. The Balaban J connectivity index is 2.55. The van der Waals surface area contributed by atoms with E-state index in [0.29, 0.717) is 0 Å². The Labute approximate surface area is 152 Å². The molecule has 12 heteroatoms. The molecule has 27 heavy (non-hydrogen) atoms. The summed E-state index contributed by atoms with van der Waals surface area (Å²) in [6.07, 6.45) is 0.257. The van der Waals surface area contributed by atoms with E-state index < -0.39 is 26.1 Å². The topological polar surface area (TPSA) is 179 Å². The smallest absolute Gasteiger partial charge is 0.469 e. The average Bonchev–Trinajstić information content (AvgIpc) is 2.60. The Bertz CT molecular complexity index is 970. The first kappa shape index (κ1) is 20.3. The van der Waals surface area contributed by atoms with E-state index in [4.69, 9.17) is 14.9 Å². The first-order valence-electron chi connectivity index (χ1n) is 7.25. The van der Waals surface area contributed by atoms with Crippen LogP contribution in [0.1, 0.15) is 32.0 Å². The van der Waals surface area contributed by atoms with Crippen molar-refractivity contribution in [3.8, 4) is 5.75 Å². The molecule has 0 bridgehead atoms. The summed E-state index contributed by atoms with van der Waals surface area (Å²) in [4.78, 5) is 44.2. The second-order valence-corrected chi connectivity index (χ2v) is 6.41. The van der Waals surface area contributed by atoms with Gasteiger partial charge in [-0.1, -0.05) is 12.1 Å². The van der Waals surface area contributed by atoms with Crippen molar-refractivity contribution in [2.45, 2.75) is 13.5 Å². The fraction of sp³-hybridized carbons (Fsp3) is 0.133. The molecule has 0 aliphatic heterocycles. The van der Waals surface area contributed by atoms with Gasteiger partial charge in [0.1, 0.15) is 11.4 Å². The van der Waals surface area contributed by atoms with Gasteiger partial charge in [0, 0.05) is 5.56 Å². The van der Waals surface area contributed by atoms with Crippen LogP contribution in [0.25, 0.3) is 0 Å². The van der Waals surface area contributed by atoms with Crippen LogP contribution in [-0.2, 0) is 15.7 Å². The molecule has 1 aromatic heterocycles. The van der Waals surface area contributed by atoms with E-state index in [1.165, 1.54) is 31.2 Å². The third-order valence-corrected chi connectivity index (χ3v) is 3.81. The van der Waals surface area contributed by atoms with Gasteiger partial charge in [-0.25, -0.2) is 14.3 Å². The molecular formula is C15H14N3O8P. The van der Waals surface area contributed by atoms with Gasteiger partial charge in [-0.05, 0) is 19.1 Å². The van der Waals surface area contributed by atoms with Crippen molar-refractivity contribution in [2.24, 2.45) is 10.2 Å². The van der Waals surface area contributed by atoms with Crippen LogP contribution in [0.5, 0.6) is 5.75 Å². The van der Waals surface area contributed by atoms with E-state index >= 15 is 0 Å². The number of phosphoric acid groups is 1. The second kappa shape index (κ2) is 8.14. The fourth-order valence-corrected chi connectivity index (χ4v) is 2.38. The Kier molecular flexibility index (Phi) is 6.13. The number of hydrogen-bond donors (Lipinski definition) is 4. The average molecular weight is 395 g/mol. The molecule has 0 spiro atoms. The lowest BCUT2D eigenvalue weighted by atomic mass is 10.1. The molecule has 0 atom stereocenters. The number of carboxylic acids is 1. The van der Waals surface area contributed by atoms with Crippen LogP contribution in [0.15, 0.2) is 34.5 Å². The Morgan fingerprint density at radius 3 is 2.56 bits per heavy atom. The van der Waals surface area contributed by atoms with Crippen molar-refractivity contribution in [3.63, 3.8) is 0 Å². The van der Waals surface area contributed by atoms with Gasteiger partial charge in [-0.2, -0.15) is 0 Å². The van der Waals surface area contributed by atoms with Crippen molar-refractivity contribution in [2.75, 3.05) is 0 Å². The molecule has 1 heterocycles. The van der Waals surface area contributed by atoms with Gasteiger partial charge in [-0.3, -0.25) is 9.32 Å². The third kappa shape index (κ3) is 5.02. The number of rotatable bonds is 7. The third-order valence-electron chi connectivity index (χ3n) is 3.35. The van der Waals surface area contributed by atoms with Gasteiger partial charge in [0.2, 0.25) is 0 Å². The van der Waals surface area contributed by atoms with Crippen LogP contribution >= 0.6 is 7.82 Å². The van der Waals surface area contributed by atoms with Crippen LogP contribution in [0.4, 0.5) is 11.5 Å². The van der Waals surface area contributed by atoms with Crippen molar-refractivity contribution in [3.05, 3.63) is 46.6 Å². The molecule has 11 nitrogen and oxygen atoms in total. The van der Waals surface area contributed by atoms with Crippen molar-refractivity contribution >= 4 is 31.6 Å². The van der Waals surface area contributed by atoms with E-state index in [2.05, 4.69) is 19.7 Å². The van der Waals surface area contributed by atoms with Gasteiger partial charge >= 0.3 is 13.8 Å². The number of hydrogen-bond acceptors (Lipinski definition) is 8. The highest BCUT2D eigenvalue weighted by molar-refractivity contribution is 7.46. The predicted molar refractivity (Wildman–Crippen MR) is 90.4 cm³/mol. The van der Waals surface area contributed by atoms with E-state index in [1.807, 2.05) is 0 Å². The molecule has 2 aromatic rings. The van der Waals surface area contributed by atoms with E-state index in [1.54, 1.807) is 0 Å². The van der Waals surface area contributed by atoms with Crippen molar-refractivity contribution in [1.29, 1.82) is 0 Å². The van der Waals surface area contributed by atoms with Gasteiger partial charge in [-0.15, -0.1) is 10.2 Å². The number of phosphoric ester groups is 1. The maximum absolute atomic E-state index is 11.3. The SMILES string of the molecule is Cc1nc(N=Nc2ccccc2C(=O)O)c(COP(=O)(O)O)c(C=O)c1O. The molecule has 142 valence electrons. The first-order chi connectivity index (χ1) is 12.6. The van der Waals surface area contributed by atoms with Gasteiger partial charge < -0.3 is 20.0 Å². The van der Waals surface area contributed by atoms with Gasteiger partial charge in [0.25, 0.3) is 0 Å². The summed E-state index contributed by atoms with van der Waals surface area (Å²) >= 11 is 0. The molecule has 0 aliphatic rings. The molecule has 0 saturated heterocycles. The number of carbonyl (C=O) groups is 2. The number of aryl methyl sites for hydroxylation is 1. The highest BCUT2D eigenvalue weighted by Gasteiger charge is 2.22. The molecule has 0 unspecified atom stereocenters. The zero-order chi connectivity index (χ0) is 20.2. The number of aldehydes is 1. The summed E-state index contributed by atoms with van der Waals surface area (Å²) in [5, 5.41) is 26.7. The summed E-state index contributed by atoms with van der Waals surface area (Å²) in [7, 11) is -4.88. The zero-order valence-corrected chi connectivity index (χ0v) is 14.7.